The Morgan fingerprint density at radius 2 is 2.29 bits per heavy atom. The van der Waals surface area contributed by atoms with Crippen LogP contribution in [0, 0.1) is 0 Å². The lowest BCUT2D eigenvalue weighted by Crippen LogP contribution is -2.13. The molecule has 0 radical (unpaired) electrons. The molecule has 0 amide bonds. The molecule has 1 fully saturated rings. The molecule has 1 aromatic heterocycles. The molecule has 0 unspecified atom stereocenters. The molecule has 1 aromatic rings. The van der Waals surface area contributed by atoms with Gasteiger partial charge in [0.15, 0.2) is 5.75 Å². The molecule has 0 spiro atoms. The number of hydrogen-bond acceptors (Lipinski definition) is 3. The first kappa shape index (κ1) is 9.90. The van der Waals surface area contributed by atoms with Crippen LogP contribution in [0.3, 0.4) is 0 Å². The summed E-state index contributed by atoms with van der Waals surface area (Å²) in [6.07, 6.45) is 3.91. The first-order chi connectivity index (χ1) is 6.83. The lowest BCUT2D eigenvalue weighted by molar-refractivity contribution is 0.445. The predicted molar refractivity (Wildman–Crippen MR) is 58.9 cm³/mol. The zero-order valence-corrected chi connectivity index (χ0v) is 9.26. The van der Waals surface area contributed by atoms with E-state index in [0.717, 1.165) is 12.2 Å². The molecule has 0 aliphatic carbocycles. The van der Waals surface area contributed by atoms with Gasteiger partial charge in [0.25, 0.3) is 0 Å². The largest absolute Gasteiger partial charge is 0.504 e. The van der Waals surface area contributed by atoms with Gasteiger partial charge in [-0.15, -0.1) is 0 Å². The van der Waals surface area contributed by atoms with Gasteiger partial charge in [-0.1, -0.05) is 0 Å². The van der Waals surface area contributed by atoms with E-state index >= 15 is 0 Å². The molecule has 78 valence electrons. The number of aromatic hydroxyl groups is 1. The Bertz CT molecular complexity index is 305. The monoisotopic (exact) mass is 212 g/mol. The minimum Gasteiger partial charge on any atom is -0.504 e. The Kier molecular flexibility index (Phi) is 3.01. The summed E-state index contributed by atoms with van der Waals surface area (Å²) in [7, 11) is 0. The van der Waals surface area contributed by atoms with E-state index in [9.17, 15) is 5.11 Å². The van der Waals surface area contributed by atoms with Crippen LogP contribution in [0.25, 0.3) is 0 Å². The Morgan fingerprint density at radius 1 is 1.57 bits per heavy atom. The van der Waals surface area contributed by atoms with Gasteiger partial charge >= 0.3 is 0 Å². The molecule has 3 nitrogen and oxygen atoms in total. The standard InChI is InChI=1S/C10H16N2OS/c1-2-12-10(9(13)7-11-12)8-3-5-14-6-4-8/h7-8,13H,2-6H2,1H3. The summed E-state index contributed by atoms with van der Waals surface area (Å²) in [6.45, 7) is 2.91. The smallest absolute Gasteiger partial charge is 0.157 e. The van der Waals surface area contributed by atoms with Crippen molar-refractivity contribution in [3.8, 4) is 5.75 Å². The molecular formula is C10H16N2OS. The summed E-state index contributed by atoms with van der Waals surface area (Å²) in [5.41, 5.74) is 1.05. The Hall–Kier alpha value is -0.640. The van der Waals surface area contributed by atoms with Gasteiger partial charge in [-0.3, -0.25) is 4.68 Å². The van der Waals surface area contributed by atoms with E-state index in [-0.39, 0.29) is 0 Å². The van der Waals surface area contributed by atoms with Gasteiger partial charge in [-0.2, -0.15) is 16.9 Å². The predicted octanol–water partition coefficient (Wildman–Crippen LogP) is 2.22. The van der Waals surface area contributed by atoms with Crippen LogP contribution < -0.4 is 0 Å². The van der Waals surface area contributed by atoms with Crippen molar-refractivity contribution in [3.05, 3.63) is 11.9 Å². The second-order valence-electron chi connectivity index (χ2n) is 3.62. The van der Waals surface area contributed by atoms with Crippen molar-refractivity contribution in [2.45, 2.75) is 32.2 Å². The van der Waals surface area contributed by atoms with Crippen molar-refractivity contribution < 1.29 is 5.11 Å². The fourth-order valence-corrected chi connectivity index (χ4v) is 3.13. The maximum atomic E-state index is 9.72. The topological polar surface area (TPSA) is 38.0 Å². The van der Waals surface area contributed by atoms with Gasteiger partial charge in [0.2, 0.25) is 0 Å². The highest BCUT2D eigenvalue weighted by Gasteiger charge is 2.22. The van der Waals surface area contributed by atoms with Crippen molar-refractivity contribution in [1.29, 1.82) is 0 Å². The number of rotatable bonds is 2. The van der Waals surface area contributed by atoms with Crippen LogP contribution in [-0.2, 0) is 6.54 Å². The Morgan fingerprint density at radius 3 is 2.93 bits per heavy atom. The molecule has 1 aliphatic heterocycles. The molecule has 2 rings (SSSR count). The SMILES string of the molecule is CCn1ncc(O)c1C1CCSCC1. The molecule has 1 saturated heterocycles. The number of aromatic nitrogens is 2. The molecule has 2 heterocycles. The van der Waals surface area contributed by atoms with Crippen molar-refractivity contribution >= 4 is 11.8 Å². The van der Waals surface area contributed by atoms with E-state index in [1.165, 1.54) is 24.3 Å². The van der Waals surface area contributed by atoms with Crippen molar-refractivity contribution in [2.24, 2.45) is 0 Å². The normalized spacial score (nSPS) is 18.6. The molecule has 14 heavy (non-hydrogen) atoms. The van der Waals surface area contributed by atoms with Crippen molar-refractivity contribution in [2.75, 3.05) is 11.5 Å². The quantitative estimate of drug-likeness (QED) is 0.817. The van der Waals surface area contributed by atoms with E-state index in [1.807, 2.05) is 16.4 Å². The van der Waals surface area contributed by atoms with Crippen LogP contribution in [0.5, 0.6) is 5.75 Å². The number of hydrogen-bond donors (Lipinski definition) is 1. The Balaban J connectivity index is 2.23. The fourth-order valence-electron chi connectivity index (χ4n) is 2.03. The molecular weight excluding hydrogens is 196 g/mol. The molecule has 0 bridgehead atoms. The van der Waals surface area contributed by atoms with Crippen LogP contribution in [0.4, 0.5) is 0 Å². The maximum absolute atomic E-state index is 9.72. The van der Waals surface area contributed by atoms with Crippen LogP contribution in [0.15, 0.2) is 6.20 Å². The van der Waals surface area contributed by atoms with Gasteiger partial charge in [-0.25, -0.2) is 0 Å². The summed E-state index contributed by atoms with van der Waals surface area (Å²) in [6, 6.07) is 0. The zero-order chi connectivity index (χ0) is 9.97. The second kappa shape index (κ2) is 4.26. The van der Waals surface area contributed by atoms with E-state index in [1.54, 1.807) is 6.20 Å². The molecule has 1 aliphatic rings. The third kappa shape index (κ3) is 1.75. The third-order valence-electron chi connectivity index (χ3n) is 2.77. The lowest BCUT2D eigenvalue weighted by Gasteiger charge is -2.22. The summed E-state index contributed by atoms with van der Waals surface area (Å²) in [5.74, 6) is 3.31. The minimum absolute atomic E-state index is 0.378. The van der Waals surface area contributed by atoms with Gasteiger partial charge in [-0.05, 0) is 31.3 Å². The number of nitrogens with zero attached hydrogens (tertiary/aromatic N) is 2. The average molecular weight is 212 g/mol. The van der Waals surface area contributed by atoms with E-state index in [2.05, 4.69) is 12.0 Å². The molecule has 4 heteroatoms. The summed E-state index contributed by atoms with van der Waals surface area (Å²) < 4.78 is 1.93. The third-order valence-corrected chi connectivity index (χ3v) is 3.82. The van der Waals surface area contributed by atoms with E-state index in [4.69, 9.17) is 0 Å². The second-order valence-corrected chi connectivity index (χ2v) is 4.84. The highest BCUT2D eigenvalue weighted by molar-refractivity contribution is 7.99. The lowest BCUT2D eigenvalue weighted by atomic mass is 9.98. The van der Waals surface area contributed by atoms with E-state index < -0.39 is 0 Å². The summed E-state index contributed by atoms with van der Waals surface area (Å²) >= 11 is 2.00. The molecule has 1 N–H and O–H groups in total. The molecule has 0 aromatic carbocycles. The van der Waals surface area contributed by atoms with Crippen molar-refractivity contribution in [1.82, 2.24) is 9.78 Å². The molecule has 0 atom stereocenters. The first-order valence-electron chi connectivity index (χ1n) is 5.15. The maximum Gasteiger partial charge on any atom is 0.157 e. The average Bonchev–Trinajstić information content (AvgIpc) is 2.61. The Labute approximate surface area is 88.5 Å². The van der Waals surface area contributed by atoms with Crippen LogP contribution in [-0.4, -0.2) is 26.4 Å². The highest BCUT2D eigenvalue weighted by atomic mass is 32.2. The van der Waals surface area contributed by atoms with Gasteiger partial charge in [0.05, 0.1) is 11.9 Å². The summed E-state index contributed by atoms with van der Waals surface area (Å²) in [5, 5.41) is 13.9. The highest BCUT2D eigenvalue weighted by Crippen LogP contribution is 2.35. The molecule has 0 saturated carbocycles. The zero-order valence-electron chi connectivity index (χ0n) is 8.44. The van der Waals surface area contributed by atoms with Crippen LogP contribution in [0.2, 0.25) is 0 Å². The van der Waals surface area contributed by atoms with Gasteiger partial charge < -0.3 is 5.11 Å². The summed E-state index contributed by atoms with van der Waals surface area (Å²) in [4.78, 5) is 0. The van der Waals surface area contributed by atoms with Crippen LogP contribution >= 0.6 is 11.8 Å². The number of thioether (sulfide) groups is 1. The van der Waals surface area contributed by atoms with Gasteiger partial charge in [0, 0.05) is 12.5 Å². The number of aryl methyl sites for hydroxylation is 1. The first-order valence-corrected chi connectivity index (χ1v) is 6.30. The fraction of sp³-hybridized carbons (Fsp3) is 0.700. The minimum atomic E-state index is 0.378. The van der Waals surface area contributed by atoms with Crippen molar-refractivity contribution in [3.63, 3.8) is 0 Å². The van der Waals surface area contributed by atoms with Gasteiger partial charge in [0.1, 0.15) is 0 Å². The van der Waals surface area contributed by atoms with E-state index in [0.29, 0.717) is 11.7 Å². The van der Waals surface area contributed by atoms with Crippen LogP contribution in [0.1, 0.15) is 31.4 Å².